The summed E-state index contributed by atoms with van der Waals surface area (Å²) in [6.07, 6.45) is -0.883. The Morgan fingerprint density at radius 3 is 2.90 bits per heavy atom. The molecule has 11 nitrogen and oxygen atoms in total. The average Bonchev–Trinajstić information content (AvgIpc) is 2.85. The van der Waals surface area contributed by atoms with Crippen LogP contribution in [0.4, 0.5) is 4.79 Å². The Labute approximate surface area is 119 Å². The Morgan fingerprint density at radius 1 is 1.52 bits per heavy atom. The molecule has 3 heterocycles. The highest BCUT2D eigenvalue weighted by molar-refractivity contribution is 5.83. The lowest BCUT2D eigenvalue weighted by Crippen LogP contribution is -2.77. The monoisotopic (exact) mass is 300 g/mol. The topological polar surface area (TPSA) is 184 Å². The van der Waals surface area contributed by atoms with Crippen molar-refractivity contribution in [3.63, 3.8) is 0 Å². The molecule has 116 valence electrons. The number of amides is 1. The first-order valence-corrected chi connectivity index (χ1v) is 6.43. The second kappa shape index (κ2) is 4.11. The van der Waals surface area contributed by atoms with Crippen LogP contribution in [0, 0.1) is 0 Å². The van der Waals surface area contributed by atoms with E-state index in [2.05, 4.69) is 15.6 Å². The maximum atomic E-state index is 10.8. The van der Waals surface area contributed by atoms with Crippen LogP contribution in [0.25, 0.3) is 0 Å². The lowest BCUT2D eigenvalue weighted by Gasteiger charge is -2.42. The molecule has 0 aromatic rings. The van der Waals surface area contributed by atoms with E-state index in [1.807, 2.05) is 0 Å². The summed E-state index contributed by atoms with van der Waals surface area (Å²) in [7, 11) is 0. The predicted octanol–water partition coefficient (Wildman–Crippen LogP) is -4.55. The SMILES string of the molecule is NC(=O)OCC1NC(N)=[N+]2CCC(O)(O)[C@@]23NC(N)=N[C@@H]13. The zero-order valence-electron chi connectivity index (χ0n) is 11.1. The van der Waals surface area contributed by atoms with Crippen LogP contribution in [0.5, 0.6) is 0 Å². The number of guanidine groups is 2. The summed E-state index contributed by atoms with van der Waals surface area (Å²) in [6.45, 7) is 0.173. The minimum Gasteiger partial charge on any atom is -0.446 e. The molecule has 1 fully saturated rings. The highest BCUT2D eigenvalue weighted by Gasteiger charge is 2.71. The predicted molar refractivity (Wildman–Crippen MR) is 69.8 cm³/mol. The molecule has 0 aromatic carbocycles. The Hall–Kier alpha value is -2.27. The molecule has 0 bridgehead atoms. The van der Waals surface area contributed by atoms with Crippen LogP contribution in [0.2, 0.25) is 0 Å². The minimum atomic E-state index is -2.10. The van der Waals surface area contributed by atoms with Crippen LogP contribution < -0.4 is 27.8 Å². The Kier molecular flexibility index (Phi) is 2.68. The molecule has 11 heteroatoms. The van der Waals surface area contributed by atoms with Gasteiger partial charge in [0.2, 0.25) is 11.4 Å². The summed E-state index contributed by atoms with van der Waals surface area (Å²) in [5.41, 5.74) is 15.2. The quantitative estimate of drug-likeness (QED) is 0.196. The third-order valence-electron chi connectivity index (χ3n) is 4.16. The molecule has 1 saturated heterocycles. The van der Waals surface area contributed by atoms with Crippen LogP contribution in [0.1, 0.15) is 6.42 Å². The van der Waals surface area contributed by atoms with Gasteiger partial charge in [0.05, 0.1) is 6.54 Å². The van der Waals surface area contributed by atoms with Gasteiger partial charge >= 0.3 is 12.1 Å². The van der Waals surface area contributed by atoms with Gasteiger partial charge in [-0.3, -0.25) is 11.1 Å². The summed E-state index contributed by atoms with van der Waals surface area (Å²) in [5.74, 6) is -1.83. The fraction of sp³-hybridized carbons (Fsp3) is 0.700. The number of hydrogen-bond acceptors (Lipinski definition) is 9. The standard InChI is InChI=1S/C10H17N7O4/c11-6-15-5-4(3-21-8(13)18)14-7(12)17-2-1-9(19,20)10(5,17)16-6/h4-5,19-20H,1-3H2,(H7,11,12,13,14,15,16,18)/p+1/t4?,5-,10-/m0/s1. The molecule has 1 spiro atoms. The minimum absolute atomic E-state index is 0.0555. The molecule has 0 aliphatic carbocycles. The third kappa shape index (κ3) is 1.70. The number of nitrogens with one attached hydrogen (secondary N) is 2. The van der Waals surface area contributed by atoms with Crippen molar-refractivity contribution in [1.82, 2.24) is 10.6 Å². The summed E-state index contributed by atoms with van der Waals surface area (Å²) in [5, 5.41) is 26.5. The zero-order valence-corrected chi connectivity index (χ0v) is 11.1. The Balaban J connectivity index is 2.02. The molecule has 3 atom stereocenters. The summed E-state index contributed by atoms with van der Waals surface area (Å²) >= 11 is 0. The van der Waals surface area contributed by atoms with E-state index in [9.17, 15) is 15.0 Å². The van der Waals surface area contributed by atoms with Crippen molar-refractivity contribution in [1.29, 1.82) is 0 Å². The fourth-order valence-electron chi connectivity index (χ4n) is 3.30. The van der Waals surface area contributed by atoms with E-state index >= 15 is 0 Å². The van der Waals surface area contributed by atoms with Gasteiger partial charge in [-0.1, -0.05) is 0 Å². The number of aliphatic imine (C=N–C) groups is 1. The second-order valence-electron chi connectivity index (χ2n) is 5.33. The van der Waals surface area contributed by atoms with E-state index in [4.69, 9.17) is 21.9 Å². The van der Waals surface area contributed by atoms with Gasteiger partial charge in [-0.25, -0.2) is 14.4 Å². The van der Waals surface area contributed by atoms with Crippen LogP contribution >= 0.6 is 0 Å². The summed E-state index contributed by atoms with van der Waals surface area (Å²) in [6, 6.07) is -1.32. The van der Waals surface area contributed by atoms with E-state index < -0.39 is 29.6 Å². The van der Waals surface area contributed by atoms with Gasteiger partial charge in [0.1, 0.15) is 12.6 Å². The molecule has 10 N–H and O–H groups in total. The summed E-state index contributed by atoms with van der Waals surface area (Å²) in [4.78, 5) is 15.0. The normalized spacial score (nSPS) is 36.2. The number of ether oxygens (including phenoxy) is 1. The highest BCUT2D eigenvalue weighted by atomic mass is 16.5. The summed E-state index contributed by atoms with van der Waals surface area (Å²) < 4.78 is 6.35. The van der Waals surface area contributed by atoms with Gasteiger partial charge in [-0.2, -0.15) is 0 Å². The first-order valence-electron chi connectivity index (χ1n) is 6.43. The first-order chi connectivity index (χ1) is 9.78. The molecule has 3 rings (SSSR count). The van der Waals surface area contributed by atoms with E-state index in [1.165, 1.54) is 0 Å². The molecule has 3 aliphatic heterocycles. The average molecular weight is 300 g/mol. The lowest BCUT2D eigenvalue weighted by molar-refractivity contribution is -0.623. The second-order valence-corrected chi connectivity index (χ2v) is 5.33. The molecule has 0 radical (unpaired) electrons. The van der Waals surface area contributed by atoms with Crippen molar-refractivity contribution in [2.24, 2.45) is 22.2 Å². The van der Waals surface area contributed by atoms with Crippen LogP contribution in [-0.4, -0.2) is 69.5 Å². The molecular formula is C10H18N7O4+. The van der Waals surface area contributed by atoms with E-state index in [0.29, 0.717) is 6.54 Å². The van der Waals surface area contributed by atoms with Crippen LogP contribution in [0.3, 0.4) is 0 Å². The number of rotatable bonds is 2. The number of carbonyl (C=O) groups excluding carboxylic acids is 1. The van der Waals surface area contributed by atoms with Crippen molar-refractivity contribution in [2.75, 3.05) is 13.2 Å². The van der Waals surface area contributed by atoms with Crippen LogP contribution in [-0.2, 0) is 4.74 Å². The van der Waals surface area contributed by atoms with Gasteiger partial charge in [-0.05, 0) is 0 Å². The van der Waals surface area contributed by atoms with Crippen molar-refractivity contribution in [3.05, 3.63) is 0 Å². The number of primary amides is 1. The van der Waals surface area contributed by atoms with Gasteiger partial charge in [0.15, 0.2) is 12.0 Å². The molecule has 1 unspecified atom stereocenters. The van der Waals surface area contributed by atoms with E-state index in [-0.39, 0.29) is 24.9 Å². The number of aliphatic hydroxyl groups is 2. The largest absolute Gasteiger partial charge is 0.446 e. The molecule has 21 heavy (non-hydrogen) atoms. The van der Waals surface area contributed by atoms with Crippen molar-refractivity contribution >= 4 is 18.0 Å². The number of nitrogens with two attached hydrogens (primary N) is 3. The smallest absolute Gasteiger partial charge is 0.404 e. The lowest BCUT2D eigenvalue weighted by atomic mass is 9.87. The highest BCUT2D eigenvalue weighted by Crippen LogP contribution is 2.40. The maximum Gasteiger partial charge on any atom is 0.404 e. The first kappa shape index (κ1) is 13.7. The van der Waals surface area contributed by atoms with Crippen molar-refractivity contribution < 1.29 is 24.3 Å². The Bertz CT molecular complexity index is 560. The van der Waals surface area contributed by atoms with Gasteiger partial charge in [0, 0.05) is 6.42 Å². The number of nitrogens with zero attached hydrogens (tertiary/aromatic N) is 2. The van der Waals surface area contributed by atoms with Gasteiger partial charge in [0.25, 0.3) is 0 Å². The van der Waals surface area contributed by atoms with Crippen LogP contribution in [0.15, 0.2) is 4.99 Å². The molecule has 0 saturated carbocycles. The van der Waals surface area contributed by atoms with E-state index in [1.54, 1.807) is 4.58 Å². The molecule has 3 aliphatic rings. The van der Waals surface area contributed by atoms with Crippen molar-refractivity contribution in [3.8, 4) is 0 Å². The van der Waals surface area contributed by atoms with Crippen molar-refractivity contribution in [2.45, 2.75) is 30.0 Å². The fourth-order valence-corrected chi connectivity index (χ4v) is 3.30. The zero-order chi connectivity index (χ0) is 15.4. The molecule has 1 amide bonds. The molecule has 0 aromatic heterocycles. The number of carbonyl (C=O) groups is 1. The molecular weight excluding hydrogens is 282 g/mol. The van der Waals surface area contributed by atoms with Gasteiger partial charge in [-0.15, -0.1) is 0 Å². The number of hydrogen-bond donors (Lipinski definition) is 7. The maximum absolute atomic E-state index is 10.8. The third-order valence-corrected chi connectivity index (χ3v) is 4.16. The van der Waals surface area contributed by atoms with Gasteiger partial charge < -0.3 is 31.7 Å². The van der Waals surface area contributed by atoms with E-state index in [0.717, 1.165) is 0 Å². The Morgan fingerprint density at radius 2 is 2.24 bits per heavy atom.